The van der Waals surface area contributed by atoms with Gasteiger partial charge in [-0.25, -0.2) is 0 Å². The van der Waals surface area contributed by atoms with Crippen LogP contribution in [0.1, 0.15) is 35.9 Å². The Kier molecular flexibility index (Phi) is 4.92. The molecule has 0 saturated heterocycles. The number of nitrogens with zero attached hydrogens (tertiary/aromatic N) is 4. The van der Waals surface area contributed by atoms with E-state index in [2.05, 4.69) is 16.8 Å². The van der Waals surface area contributed by atoms with Crippen LogP contribution in [-0.2, 0) is 11.3 Å². The van der Waals surface area contributed by atoms with E-state index >= 15 is 0 Å². The number of carbonyl (C=O) groups is 2. The maximum absolute atomic E-state index is 12.8. The highest BCUT2D eigenvalue weighted by atomic mass is 16.5. The molecule has 4 rings (SSSR count). The Balaban J connectivity index is 1.51. The first-order chi connectivity index (χ1) is 14.0. The number of amides is 1. The predicted octanol–water partition coefficient (Wildman–Crippen LogP) is 2.85. The summed E-state index contributed by atoms with van der Waals surface area (Å²) in [4.78, 5) is 27.7. The fraction of sp³-hybridized carbons (Fsp3) is 0.333. The van der Waals surface area contributed by atoms with E-state index < -0.39 is 0 Å². The number of aromatic nitrogens is 3. The quantitative estimate of drug-likeness (QED) is 0.640. The van der Waals surface area contributed by atoms with E-state index in [1.165, 1.54) is 11.9 Å². The number of methoxy groups -OCH3 is 1. The Hall–Kier alpha value is -3.42. The summed E-state index contributed by atoms with van der Waals surface area (Å²) in [7, 11) is 1.52. The molecule has 1 amide bonds. The van der Waals surface area contributed by atoms with Crippen LogP contribution in [0.15, 0.2) is 36.9 Å². The second-order valence-electron chi connectivity index (χ2n) is 7.08. The van der Waals surface area contributed by atoms with Crippen LogP contribution in [0, 0.1) is 5.92 Å². The number of anilines is 1. The highest BCUT2D eigenvalue weighted by molar-refractivity contribution is 6.08. The second-order valence-corrected chi connectivity index (χ2v) is 7.08. The van der Waals surface area contributed by atoms with Crippen LogP contribution in [0.5, 0.6) is 11.5 Å². The molecule has 1 fully saturated rings. The molecule has 29 heavy (non-hydrogen) atoms. The van der Waals surface area contributed by atoms with Crippen molar-refractivity contribution in [3.63, 3.8) is 0 Å². The first-order valence-corrected chi connectivity index (χ1v) is 9.43. The molecule has 1 aromatic heterocycles. The van der Waals surface area contributed by atoms with Gasteiger partial charge in [0, 0.05) is 17.7 Å². The van der Waals surface area contributed by atoms with E-state index in [4.69, 9.17) is 9.47 Å². The fourth-order valence-electron chi connectivity index (χ4n) is 3.18. The number of ether oxygens (including phenoxy) is 2. The molecule has 1 saturated carbocycles. The Labute approximate surface area is 168 Å². The third kappa shape index (κ3) is 3.65. The molecule has 2 aliphatic rings. The molecule has 150 valence electrons. The summed E-state index contributed by atoms with van der Waals surface area (Å²) in [5.41, 5.74) is 2.37. The van der Waals surface area contributed by atoms with E-state index in [1.54, 1.807) is 35.3 Å². The maximum atomic E-state index is 12.8. The Morgan fingerprint density at radius 3 is 2.76 bits per heavy atom. The fourth-order valence-corrected chi connectivity index (χ4v) is 3.18. The van der Waals surface area contributed by atoms with Gasteiger partial charge in [0.1, 0.15) is 12.3 Å². The third-order valence-corrected chi connectivity index (χ3v) is 4.98. The average molecular weight is 394 g/mol. The van der Waals surface area contributed by atoms with Crippen molar-refractivity contribution >= 4 is 23.1 Å². The molecular weight excluding hydrogens is 372 g/mol. The number of allylic oxidation sites excluding steroid dienone is 3. The van der Waals surface area contributed by atoms with Crippen LogP contribution >= 0.6 is 0 Å². The number of ketones is 1. The summed E-state index contributed by atoms with van der Waals surface area (Å²) in [5.74, 6) is 0.972. The summed E-state index contributed by atoms with van der Waals surface area (Å²) in [5, 5.41) is 8.70. The Morgan fingerprint density at radius 2 is 2.10 bits per heavy atom. The molecule has 0 N–H and O–H groups in total. The minimum Gasteiger partial charge on any atom is -0.493 e. The van der Waals surface area contributed by atoms with Gasteiger partial charge in [-0.05, 0) is 38.0 Å². The second kappa shape index (κ2) is 7.54. The van der Waals surface area contributed by atoms with Gasteiger partial charge in [-0.1, -0.05) is 12.7 Å². The summed E-state index contributed by atoms with van der Waals surface area (Å²) in [6, 6.07) is 5.19. The summed E-state index contributed by atoms with van der Waals surface area (Å²) in [6.07, 6.45) is 5.31. The maximum Gasteiger partial charge on any atom is 0.281 e. The van der Waals surface area contributed by atoms with E-state index in [1.807, 2.05) is 6.92 Å². The van der Waals surface area contributed by atoms with Crippen LogP contribution in [0.25, 0.3) is 5.70 Å². The monoisotopic (exact) mass is 394 g/mol. The largest absolute Gasteiger partial charge is 0.493 e. The number of hydrogen-bond acceptors (Lipinski definition) is 6. The standard InChI is InChI=1S/C21H22N4O4/c1-4-5-13(2)25-22-16-11-24(21(27)20(16)23-25)15-8-9-18(19(10-15)28-3)29-12-17(26)14-6-7-14/h4-5,8-10,14H,1,6-7,11-12H2,2-3H3/b13-5+. The van der Waals surface area contributed by atoms with Gasteiger partial charge in [-0.15, -0.1) is 5.10 Å². The lowest BCUT2D eigenvalue weighted by Gasteiger charge is -2.18. The van der Waals surface area contributed by atoms with Crippen molar-refractivity contribution in [3.8, 4) is 11.5 Å². The summed E-state index contributed by atoms with van der Waals surface area (Å²) < 4.78 is 11.0. The van der Waals surface area contributed by atoms with Crippen LogP contribution in [0.3, 0.4) is 0 Å². The van der Waals surface area contributed by atoms with Crippen molar-refractivity contribution in [3.05, 3.63) is 48.3 Å². The van der Waals surface area contributed by atoms with Gasteiger partial charge in [0.05, 0.1) is 19.4 Å². The van der Waals surface area contributed by atoms with Gasteiger partial charge in [-0.2, -0.15) is 9.90 Å². The highest BCUT2D eigenvalue weighted by Crippen LogP contribution is 2.36. The molecular formula is C21H22N4O4. The number of carbonyl (C=O) groups excluding carboxylic acids is 2. The summed E-state index contributed by atoms with van der Waals surface area (Å²) in [6.45, 7) is 5.85. The highest BCUT2D eigenvalue weighted by Gasteiger charge is 2.34. The number of benzene rings is 1. The van der Waals surface area contributed by atoms with Crippen LogP contribution in [-0.4, -0.2) is 40.4 Å². The average Bonchev–Trinajstić information content (AvgIpc) is 3.42. The zero-order valence-corrected chi connectivity index (χ0v) is 16.4. The molecule has 1 aliphatic heterocycles. The van der Waals surface area contributed by atoms with Crippen molar-refractivity contribution in [2.75, 3.05) is 18.6 Å². The van der Waals surface area contributed by atoms with E-state index in [0.717, 1.165) is 18.5 Å². The minimum atomic E-state index is -0.225. The molecule has 1 aromatic carbocycles. The molecule has 0 spiro atoms. The molecule has 1 aliphatic carbocycles. The summed E-state index contributed by atoms with van der Waals surface area (Å²) >= 11 is 0. The first kappa shape index (κ1) is 18.9. The number of rotatable bonds is 8. The van der Waals surface area contributed by atoms with Gasteiger partial charge in [0.25, 0.3) is 5.91 Å². The topological polar surface area (TPSA) is 86.5 Å². The molecule has 0 atom stereocenters. The third-order valence-electron chi connectivity index (χ3n) is 4.98. The molecule has 0 radical (unpaired) electrons. The van der Waals surface area contributed by atoms with Gasteiger partial charge < -0.3 is 14.4 Å². The van der Waals surface area contributed by atoms with Gasteiger partial charge >= 0.3 is 0 Å². The molecule has 8 heteroatoms. The van der Waals surface area contributed by atoms with Gasteiger partial charge in [0.2, 0.25) is 0 Å². The van der Waals surface area contributed by atoms with Crippen molar-refractivity contribution < 1.29 is 19.1 Å². The van der Waals surface area contributed by atoms with Gasteiger partial charge in [-0.3, -0.25) is 9.59 Å². The van der Waals surface area contributed by atoms with Crippen molar-refractivity contribution in [1.82, 2.24) is 15.0 Å². The smallest absolute Gasteiger partial charge is 0.281 e. The molecule has 2 heterocycles. The molecule has 0 unspecified atom stereocenters. The van der Waals surface area contributed by atoms with Crippen LogP contribution in [0.2, 0.25) is 0 Å². The lowest BCUT2D eigenvalue weighted by atomic mass is 10.2. The van der Waals surface area contributed by atoms with Crippen LogP contribution < -0.4 is 14.4 Å². The lowest BCUT2D eigenvalue weighted by Crippen LogP contribution is -2.24. The Bertz CT molecular complexity index is 1020. The lowest BCUT2D eigenvalue weighted by molar-refractivity contribution is -0.122. The zero-order valence-electron chi connectivity index (χ0n) is 16.4. The van der Waals surface area contributed by atoms with E-state index in [0.29, 0.717) is 35.1 Å². The van der Waals surface area contributed by atoms with Crippen molar-refractivity contribution in [2.45, 2.75) is 26.3 Å². The first-order valence-electron chi connectivity index (χ1n) is 9.43. The van der Waals surface area contributed by atoms with Crippen molar-refractivity contribution in [1.29, 1.82) is 0 Å². The van der Waals surface area contributed by atoms with Crippen LogP contribution in [0.4, 0.5) is 5.69 Å². The molecule has 8 nitrogen and oxygen atoms in total. The van der Waals surface area contributed by atoms with Gasteiger partial charge in [0.15, 0.2) is 23.0 Å². The zero-order chi connectivity index (χ0) is 20.5. The number of Topliss-reactive ketones (excluding diaryl/α,β-unsaturated/α-hetero) is 1. The molecule has 2 aromatic rings. The van der Waals surface area contributed by atoms with E-state index in [9.17, 15) is 9.59 Å². The predicted molar refractivity (Wildman–Crippen MR) is 107 cm³/mol. The normalized spacial score (nSPS) is 16.0. The number of hydrogen-bond donors (Lipinski definition) is 0. The SMILES string of the molecule is C=C/C=C(\C)n1nc2c(n1)C(=O)N(c1ccc(OCC(=O)C3CC3)c(OC)c1)C2. The minimum absolute atomic E-state index is 0.0318. The Morgan fingerprint density at radius 1 is 1.31 bits per heavy atom. The number of fused-ring (bicyclic) bond motifs is 1. The van der Waals surface area contributed by atoms with Crippen molar-refractivity contribution in [2.24, 2.45) is 5.92 Å². The van der Waals surface area contributed by atoms with E-state index in [-0.39, 0.29) is 24.2 Å². The molecule has 0 bridgehead atoms.